The number of likely N-dealkylation sites (tertiary alicyclic amines) is 2. The largest absolute Gasteiger partial charge is 0.370 e. The summed E-state index contributed by atoms with van der Waals surface area (Å²) in [6.45, 7) is 7.09. The van der Waals surface area contributed by atoms with E-state index in [2.05, 4.69) is 12.2 Å². The SMILES string of the molecule is CCCC1CC(=O)N(C(CCC(N)=O)NC(=O)C(CC)N2CC(C)CC2=O)C1. The molecule has 2 fully saturated rings. The van der Waals surface area contributed by atoms with Gasteiger partial charge >= 0.3 is 0 Å². The van der Waals surface area contributed by atoms with Crippen molar-refractivity contribution < 1.29 is 19.2 Å². The fourth-order valence-electron chi connectivity index (χ4n) is 4.32. The van der Waals surface area contributed by atoms with E-state index in [0.717, 1.165) is 12.8 Å². The normalized spacial score (nSPS) is 24.5. The molecule has 0 saturated carbocycles. The van der Waals surface area contributed by atoms with Crippen LogP contribution in [0.5, 0.6) is 0 Å². The maximum absolute atomic E-state index is 13.0. The van der Waals surface area contributed by atoms with Gasteiger partial charge in [0, 0.05) is 32.4 Å². The Morgan fingerprint density at radius 2 is 1.82 bits per heavy atom. The monoisotopic (exact) mass is 394 g/mol. The summed E-state index contributed by atoms with van der Waals surface area (Å²) < 4.78 is 0. The predicted molar refractivity (Wildman–Crippen MR) is 105 cm³/mol. The molecule has 0 spiro atoms. The Kier molecular flexibility index (Phi) is 7.83. The van der Waals surface area contributed by atoms with Crippen molar-refractivity contribution in [3.05, 3.63) is 0 Å². The molecule has 4 atom stereocenters. The van der Waals surface area contributed by atoms with Gasteiger partial charge in [0.15, 0.2) is 0 Å². The van der Waals surface area contributed by atoms with E-state index in [9.17, 15) is 19.2 Å². The molecule has 0 radical (unpaired) electrons. The molecule has 0 aliphatic carbocycles. The number of hydrogen-bond donors (Lipinski definition) is 2. The molecule has 2 heterocycles. The first-order chi connectivity index (χ1) is 13.3. The maximum Gasteiger partial charge on any atom is 0.244 e. The van der Waals surface area contributed by atoms with Crippen LogP contribution in [0.2, 0.25) is 0 Å². The molecule has 0 aromatic carbocycles. The van der Waals surface area contributed by atoms with Crippen molar-refractivity contribution in [2.75, 3.05) is 13.1 Å². The molecule has 0 aromatic rings. The number of nitrogens with zero attached hydrogens (tertiary/aromatic N) is 2. The second kappa shape index (κ2) is 9.89. The van der Waals surface area contributed by atoms with Gasteiger partial charge in [0.2, 0.25) is 23.6 Å². The van der Waals surface area contributed by atoms with Crippen molar-refractivity contribution in [1.29, 1.82) is 0 Å². The third-order valence-corrected chi connectivity index (χ3v) is 5.70. The van der Waals surface area contributed by atoms with Crippen LogP contribution in [-0.4, -0.2) is 58.7 Å². The number of nitrogens with one attached hydrogen (secondary N) is 1. The molecule has 8 nitrogen and oxygen atoms in total. The highest BCUT2D eigenvalue weighted by Gasteiger charge is 2.38. The lowest BCUT2D eigenvalue weighted by atomic mass is 10.0. The number of carbonyl (C=O) groups is 4. The molecule has 0 bridgehead atoms. The summed E-state index contributed by atoms with van der Waals surface area (Å²) >= 11 is 0. The molecule has 158 valence electrons. The third kappa shape index (κ3) is 5.45. The molecule has 4 unspecified atom stereocenters. The molecule has 3 N–H and O–H groups in total. The van der Waals surface area contributed by atoms with Crippen LogP contribution in [0.1, 0.15) is 65.7 Å². The van der Waals surface area contributed by atoms with Crippen molar-refractivity contribution in [2.24, 2.45) is 17.6 Å². The molecule has 28 heavy (non-hydrogen) atoms. The summed E-state index contributed by atoms with van der Waals surface area (Å²) in [5, 5.41) is 2.94. The number of primary amides is 1. The highest BCUT2D eigenvalue weighted by atomic mass is 16.2. The predicted octanol–water partition coefficient (Wildman–Crippen LogP) is 0.990. The van der Waals surface area contributed by atoms with Gasteiger partial charge in [-0.15, -0.1) is 0 Å². The summed E-state index contributed by atoms with van der Waals surface area (Å²) in [5.41, 5.74) is 5.29. The highest BCUT2D eigenvalue weighted by molar-refractivity contribution is 5.89. The van der Waals surface area contributed by atoms with E-state index < -0.39 is 18.1 Å². The van der Waals surface area contributed by atoms with Gasteiger partial charge in [-0.1, -0.05) is 27.2 Å². The molecule has 2 aliphatic rings. The molecular weight excluding hydrogens is 360 g/mol. The Morgan fingerprint density at radius 1 is 1.14 bits per heavy atom. The minimum Gasteiger partial charge on any atom is -0.370 e. The van der Waals surface area contributed by atoms with Crippen LogP contribution in [0.25, 0.3) is 0 Å². The zero-order chi connectivity index (χ0) is 20.8. The van der Waals surface area contributed by atoms with E-state index in [1.165, 1.54) is 0 Å². The Balaban J connectivity index is 2.10. The summed E-state index contributed by atoms with van der Waals surface area (Å²) in [4.78, 5) is 52.3. The van der Waals surface area contributed by atoms with E-state index in [0.29, 0.717) is 32.4 Å². The summed E-state index contributed by atoms with van der Waals surface area (Å²) in [5.74, 6) is -0.253. The lowest BCUT2D eigenvalue weighted by Gasteiger charge is -2.32. The van der Waals surface area contributed by atoms with E-state index in [1.54, 1.807) is 9.80 Å². The standard InChI is InChI=1S/C20H34N4O4/c1-4-6-14-10-19(27)24(12-14)17(8-7-16(21)25)22-20(28)15(5-2)23-11-13(3)9-18(23)26/h13-15,17H,4-12H2,1-3H3,(H2,21,25)(H,22,28). The van der Waals surface area contributed by atoms with Crippen molar-refractivity contribution in [3.63, 3.8) is 0 Å². The Labute approximate surface area is 167 Å². The number of carbonyl (C=O) groups excluding carboxylic acids is 4. The summed E-state index contributed by atoms with van der Waals surface area (Å²) in [6.07, 6.45) is 3.18. The van der Waals surface area contributed by atoms with Crippen molar-refractivity contribution in [3.8, 4) is 0 Å². The smallest absolute Gasteiger partial charge is 0.244 e. The van der Waals surface area contributed by atoms with Gasteiger partial charge < -0.3 is 20.9 Å². The van der Waals surface area contributed by atoms with Crippen LogP contribution in [0.3, 0.4) is 0 Å². The fourth-order valence-corrected chi connectivity index (χ4v) is 4.32. The Hall–Kier alpha value is -2.12. The molecule has 2 rings (SSSR count). The number of nitrogens with two attached hydrogens (primary N) is 1. The lowest BCUT2D eigenvalue weighted by Crippen LogP contribution is -2.55. The van der Waals surface area contributed by atoms with Crippen molar-refractivity contribution >= 4 is 23.6 Å². The summed E-state index contributed by atoms with van der Waals surface area (Å²) in [7, 11) is 0. The first kappa shape index (κ1) is 22.2. The number of rotatable bonds is 10. The second-order valence-corrected chi connectivity index (χ2v) is 8.21. The van der Waals surface area contributed by atoms with Gasteiger partial charge in [0.05, 0.1) is 0 Å². The fraction of sp³-hybridized carbons (Fsp3) is 0.800. The van der Waals surface area contributed by atoms with Crippen LogP contribution >= 0.6 is 0 Å². The lowest BCUT2D eigenvalue weighted by molar-refractivity contribution is -0.140. The molecule has 4 amide bonds. The van der Waals surface area contributed by atoms with Crippen LogP contribution in [0.4, 0.5) is 0 Å². The third-order valence-electron chi connectivity index (χ3n) is 5.70. The van der Waals surface area contributed by atoms with Crippen LogP contribution in [-0.2, 0) is 19.2 Å². The van der Waals surface area contributed by atoms with Gasteiger partial charge in [-0.25, -0.2) is 0 Å². The Bertz CT molecular complexity index is 609. The molecule has 2 saturated heterocycles. The van der Waals surface area contributed by atoms with E-state index >= 15 is 0 Å². The van der Waals surface area contributed by atoms with E-state index in [-0.39, 0.29) is 42.4 Å². The molecule has 8 heteroatoms. The second-order valence-electron chi connectivity index (χ2n) is 8.21. The minimum absolute atomic E-state index is 0.00728. The molecular formula is C20H34N4O4. The van der Waals surface area contributed by atoms with Crippen LogP contribution in [0.15, 0.2) is 0 Å². The molecule has 0 aromatic heterocycles. The highest BCUT2D eigenvalue weighted by Crippen LogP contribution is 2.26. The summed E-state index contributed by atoms with van der Waals surface area (Å²) in [6, 6.07) is -0.558. The van der Waals surface area contributed by atoms with Gasteiger partial charge in [-0.2, -0.15) is 0 Å². The van der Waals surface area contributed by atoms with E-state index in [1.807, 2.05) is 13.8 Å². The van der Waals surface area contributed by atoms with Gasteiger partial charge in [0.25, 0.3) is 0 Å². The quantitative estimate of drug-likeness (QED) is 0.575. The zero-order valence-electron chi connectivity index (χ0n) is 17.3. The topological polar surface area (TPSA) is 113 Å². The van der Waals surface area contributed by atoms with Crippen LogP contribution < -0.4 is 11.1 Å². The Morgan fingerprint density at radius 3 is 2.36 bits per heavy atom. The number of hydrogen-bond acceptors (Lipinski definition) is 4. The van der Waals surface area contributed by atoms with Crippen molar-refractivity contribution in [2.45, 2.75) is 77.9 Å². The van der Waals surface area contributed by atoms with Gasteiger partial charge in [-0.05, 0) is 31.1 Å². The first-order valence-electron chi connectivity index (χ1n) is 10.4. The minimum atomic E-state index is -0.571. The van der Waals surface area contributed by atoms with Gasteiger partial charge in [-0.3, -0.25) is 19.2 Å². The number of amides is 4. The van der Waals surface area contributed by atoms with Gasteiger partial charge in [0.1, 0.15) is 12.2 Å². The average Bonchev–Trinajstić information content (AvgIpc) is 3.14. The van der Waals surface area contributed by atoms with Crippen LogP contribution in [0, 0.1) is 11.8 Å². The maximum atomic E-state index is 13.0. The van der Waals surface area contributed by atoms with E-state index in [4.69, 9.17) is 5.73 Å². The zero-order valence-corrected chi connectivity index (χ0v) is 17.3. The van der Waals surface area contributed by atoms with Crippen molar-refractivity contribution in [1.82, 2.24) is 15.1 Å². The first-order valence-corrected chi connectivity index (χ1v) is 10.4. The average molecular weight is 395 g/mol. The molecule has 2 aliphatic heterocycles.